The summed E-state index contributed by atoms with van der Waals surface area (Å²) in [5.41, 5.74) is 10.8. The van der Waals surface area contributed by atoms with Crippen molar-refractivity contribution >= 4 is 55.1 Å². The molecule has 0 saturated heterocycles. The fourth-order valence-electron chi connectivity index (χ4n) is 12.5. The maximum atomic E-state index is 12.3. The summed E-state index contributed by atoms with van der Waals surface area (Å²) in [6, 6.07) is 41.0. The summed E-state index contributed by atoms with van der Waals surface area (Å²) >= 11 is 0. The van der Waals surface area contributed by atoms with Gasteiger partial charge in [-0.2, -0.15) is 26.3 Å². The normalized spacial score (nSPS) is 23.4. The second-order valence-electron chi connectivity index (χ2n) is 19.7. The topological polar surface area (TPSA) is 185 Å². The fourth-order valence-corrected chi connectivity index (χ4v) is 13.0. The first kappa shape index (κ1) is 54.0. The highest BCUT2D eigenvalue weighted by molar-refractivity contribution is 7.84. The van der Waals surface area contributed by atoms with E-state index < -0.39 is 55.8 Å². The van der Waals surface area contributed by atoms with Gasteiger partial charge in [0, 0.05) is 22.7 Å². The molecule has 0 aliphatic heterocycles. The summed E-state index contributed by atoms with van der Waals surface area (Å²) < 4.78 is 77.1. The van der Waals surface area contributed by atoms with Gasteiger partial charge >= 0.3 is 32.8 Å². The Morgan fingerprint density at radius 2 is 0.875 bits per heavy atom. The Kier molecular flexibility index (Phi) is 17.9. The molecule has 2 fully saturated rings. The summed E-state index contributed by atoms with van der Waals surface area (Å²) in [6.07, 6.45) is 12.0. The Balaban J connectivity index is 0.000000211. The van der Waals surface area contributed by atoms with E-state index in [4.69, 9.17) is 18.6 Å². The molecule has 384 valence electrons. The molecule has 0 radical (unpaired) electrons. The SMILES string of the molecule is C=C(c1ccccc1)[C@@]12CC[C@@H](OC(=O)NS(=O)(=O)O)C1CC(CCCCCC)=C2c1ccccc1.C=C(c1ccccc1)[C@@]12CC[C@H](OC(=O)NS(=O)(=O)O)C1CC(CCCCCC)=C2c1ccccc1. The Hall–Kier alpha value is -5.80. The molecule has 4 aliphatic rings. The third-order valence-corrected chi connectivity index (χ3v) is 16.2. The van der Waals surface area contributed by atoms with Gasteiger partial charge in [0.1, 0.15) is 12.2 Å². The van der Waals surface area contributed by atoms with E-state index in [0.29, 0.717) is 12.8 Å². The average molecular weight is 1020 g/mol. The molecule has 0 bridgehead atoms. The molecule has 0 heterocycles. The van der Waals surface area contributed by atoms with Gasteiger partial charge in [-0.15, -0.1) is 0 Å². The van der Waals surface area contributed by atoms with Crippen molar-refractivity contribution in [1.29, 1.82) is 0 Å². The summed E-state index contributed by atoms with van der Waals surface area (Å²) in [4.78, 5) is 24.6. The standard InChI is InChI=1S/2C29H35NO5S/c2*1-3-4-5-8-17-24-20-25-26(35-28(31)30-36(32,33)34)18-19-29(25,21(2)22-13-9-6-10-14-22)27(24)23-15-11-7-12-16-23/h2*6-7,9-16,25-26H,2-5,8,17-20H2,1H3,(H,30,31)(H,32,33,34)/t25?,26-,29+;25?,26-,29-/m10/s1. The second-order valence-corrected chi connectivity index (χ2v) is 22.0. The van der Waals surface area contributed by atoms with Crippen LogP contribution in [0.1, 0.15) is 139 Å². The second kappa shape index (κ2) is 23.8. The fraction of sp³-hybridized carbons (Fsp3) is 0.414. The number of amides is 2. The molecule has 12 nitrogen and oxygen atoms in total. The minimum Gasteiger partial charge on any atom is -0.445 e. The number of unbranched alkanes of at least 4 members (excludes halogenated alkanes) is 6. The van der Waals surface area contributed by atoms with Crippen LogP contribution in [0.5, 0.6) is 0 Å². The maximum Gasteiger partial charge on any atom is 0.422 e. The van der Waals surface area contributed by atoms with E-state index >= 15 is 0 Å². The molecule has 8 rings (SSSR count). The smallest absolute Gasteiger partial charge is 0.422 e. The maximum absolute atomic E-state index is 12.3. The highest BCUT2D eigenvalue weighted by Crippen LogP contribution is 2.68. The number of carbonyl (C=O) groups is 2. The van der Waals surface area contributed by atoms with Crippen LogP contribution in [0.2, 0.25) is 0 Å². The van der Waals surface area contributed by atoms with E-state index in [-0.39, 0.29) is 11.8 Å². The van der Waals surface area contributed by atoms with E-state index in [1.165, 1.54) is 57.4 Å². The minimum atomic E-state index is -4.70. The lowest BCUT2D eigenvalue weighted by molar-refractivity contribution is 0.0721. The molecular formula is C58H70N2O10S2. The van der Waals surface area contributed by atoms with Crippen molar-refractivity contribution < 1.29 is 45.0 Å². The third-order valence-electron chi connectivity index (χ3n) is 15.4. The lowest BCUT2D eigenvalue weighted by Crippen LogP contribution is -2.36. The van der Waals surface area contributed by atoms with Crippen LogP contribution >= 0.6 is 0 Å². The highest BCUT2D eigenvalue weighted by Gasteiger charge is 2.59. The van der Waals surface area contributed by atoms with Crippen molar-refractivity contribution in [2.24, 2.45) is 22.7 Å². The average Bonchev–Trinajstić information content (AvgIpc) is 4.08. The monoisotopic (exact) mass is 1020 g/mol. The summed E-state index contributed by atoms with van der Waals surface area (Å²) in [5.74, 6) is -0.150. The van der Waals surface area contributed by atoms with Crippen LogP contribution in [0, 0.1) is 22.7 Å². The van der Waals surface area contributed by atoms with Gasteiger partial charge in [0.15, 0.2) is 0 Å². The van der Waals surface area contributed by atoms with Crippen LogP contribution in [0.4, 0.5) is 9.59 Å². The molecule has 0 spiro atoms. The van der Waals surface area contributed by atoms with Crippen molar-refractivity contribution in [2.45, 2.75) is 129 Å². The summed E-state index contributed by atoms with van der Waals surface area (Å²) in [5, 5.41) is 0. The zero-order valence-electron chi connectivity index (χ0n) is 41.6. The molecule has 2 amide bonds. The van der Waals surface area contributed by atoms with Crippen molar-refractivity contribution in [2.75, 3.05) is 0 Å². The van der Waals surface area contributed by atoms with Crippen molar-refractivity contribution in [3.63, 3.8) is 0 Å². The van der Waals surface area contributed by atoms with E-state index in [1.54, 1.807) is 0 Å². The van der Waals surface area contributed by atoms with Crippen molar-refractivity contribution in [3.8, 4) is 0 Å². The number of nitrogens with one attached hydrogen (secondary N) is 2. The van der Waals surface area contributed by atoms with Crippen LogP contribution < -0.4 is 9.44 Å². The van der Waals surface area contributed by atoms with E-state index in [9.17, 15) is 26.4 Å². The van der Waals surface area contributed by atoms with Gasteiger partial charge in [0.05, 0.1) is 0 Å². The van der Waals surface area contributed by atoms with Crippen LogP contribution in [-0.4, -0.2) is 50.3 Å². The Morgan fingerprint density at radius 1 is 0.542 bits per heavy atom. The van der Waals surface area contributed by atoms with Crippen molar-refractivity contribution in [3.05, 3.63) is 168 Å². The zero-order valence-corrected chi connectivity index (χ0v) is 43.2. The van der Waals surface area contributed by atoms with Gasteiger partial charge in [-0.05, 0) is 109 Å². The predicted octanol–water partition coefficient (Wildman–Crippen LogP) is 13.6. The minimum absolute atomic E-state index is 0.0752. The first-order valence-corrected chi connectivity index (χ1v) is 28.4. The van der Waals surface area contributed by atoms with Gasteiger partial charge in [-0.3, -0.25) is 9.11 Å². The first-order valence-electron chi connectivity index (χ1n) is 25.5. The molecule has 4 aliphatic carbocycles. The number of benzene rings is 4. The van der Waals surface area contributed by atoms with E-state index in [1.807, 2.05) is 72.8 Å². The Labute approximate surface area is 426 Å². The van der Waals surface area contributed by atoms with Crippen LogP contribution in [0.15, 0.2) is 146 Å². The van der Waals surface area contributed by atoms with Gasteiger partial charge in [-0.1, -0.05) is 198 Å². The number of rotatable bonds is 20. The lowest BCUT2D eigenvalue weighted by atomic mass is 9.66. The molecule has 14 heteroatoms. The molecule has 2 unspecified atom stereocenters. The number of hydrogen-bond acceptors (Lipinski definition) is 8. The van der Waals surface area contributed by atoms with Gasteiger partial charge in [0.2, 0.25) is 0 Å². The molecular weight excluding hydrogens is 949 g/mol. The van der Waals surface area contributed by atoms with Crippen LogP contribution in [-0.2, 0) is 30.1 Å². The lowest BCUT2D eigenvalue weighted by Gasteiger charge is -2.37. The molecule has 6 atom stereocenters. The third kappa shape index (κ3) is 12.3. The molecule has 4 N–H and O–H groups in total. The van der Waals surface area contributed by atoms with Gasteiger partial charge < -0.3 is 9.47 Å². The van der Waals surface area contributed by atoms with E-state index in [2.05, 4.69) is 75.5 Å². The quantitative estimate of drug-likeness (QED) is 0.0490. The molecule has 0 aromatic heterocycles. The van der Waals surface area contributed by atoms with Crippen LogP contribution in [0.3, 0.4) is 0 Å². The Bertz CT molecular complexity index is 2640. The number of fused-ring (bicyclic) bond motifs is 2. The number of hydrogen-bond donors (Lipinski definition) is 4. The van der Waals surface area contributed by atoms with Gasteiger partial charge in [0.25, 0.3) is 0 Å². The summed E-state index contributed by atoms with van der Waals surface area (Å²) in [6.45, 7) is 13.6. The number of ether oxygens (including phenoxy) is 2. The molecule has 2 saturated carbocycles. The number of carbonyl (C=O) groups excluding carboxylic acids is 2. The molecule has 72 heavy (non-hydrogen) atoms. The molecule has 4 aromatic carbocycles. The predicted molar refractivity (Wildman–Crippen MR) is 285 cm³/mol. The van der Waals surface area contributed by atoms with Gasteiger partial charge in [-0.25, -0.2) is 9.59 Å². The first-order chi connectivity index (χ1) is 34.5. The molecule has 4 aromatic rings. The Morgan fingerprint density at radius 3 is 1.19 bits per heavy atom. The highest BCUT2D eigenvalue weighted by atomic mass is 32.2. The van der Waals surface area contributed by atoms with Crippen LogP contribution in [0.25, 0.3) is 22.3 Å². The summed E-state index contributed by atoms with van der Waals surface area (Å²) in [7, 11) is -9.39. The largest absolute Gasteiger partial charge is 0.445 e. The zero-order chi connectivity index (χ0) is 51.5. The number of allylic oxidation sites excluding steroid dienone is 6. The van der Waals surface area contributed by atoms with Crippen molar-refractivity contribution in [1.82, 2.24) is 9.44 Å². The van der Waals surface area contributed by atoms with E-state index in [0.717, 1.165) is 97.6 Å².